The van der Waals surface area contributed by atoms with Crippen LogP contribution >= 0.6 is 0 Å². The maximum Gasteiger partial charge on any atom is 3.00 e. The van der Waals surface area contributed by atoms with E-state index in [-0.39, 0.29) is 33.6 Å². The van der Waals surface area contributed by atoms with Gasteiger partial charge in [-0.25, -0.2) is 0 Å². The van der Waals surface area contributed by atoms with Crippen molar-refractivity contribution in [2.45, 2.75) is 0 Å². The SMILES string of the molecule is O[OH2+].[C-]#N.[C-]#[O+].[C-]#[O+].[Fe+3].[Ni]. The number of hydrogen-bond acceptors (Lipinski definition) is 2. The van der Waals surface area contributed by atoms with Gasteiger partial charge in [0, 0.05) is 16.5 Å². The first-order valence-corrected chi connectivity index (χ1v) is 0.855. The van der Waals surface area contributed by atoms with Crippen LogP contribution < -0.4 is 0 Å². The monoisotopic (exact) mass is 231 g/mol. The van der Waals surface area contributed by atoms with Crippen molar-refractivity contribution >= 4 is 0 Å². The van der Waals surface area contributed by atoms with Gasteiger partial charge in [-0.2, -0.15) is 0 Å². The molecule has 0 spiro atoms. The molecule has 0 heterocycles. The first-order chi connectivity index (χ1) is 4.00. The smallest absolute Gasteiger partial charge is 0 e. The molecule has 0 unspecified atom stereocenters. The summed E-state index contributed by atoms with van der Waals surface area (Å²) in [5, 5.41) is 17.2. The molecule has 0 saturated carbocycles. The zero-order chi connectivity index (χ0) is 8.00. The van der Waals surface area contributed by atoms with Crippen LogP contribution in [0.3, 0.4) is 0 Å². The fourth-order valence-electron chi connectivity index (χ4n) is 0. The van der Waals surface area contributed by atoms with Gasteiger partial charge in [-0.3, -0.25) is 5.26 Å². The Labute approximate surface area is 78.8 Å². The van der Waals surface area contributed by atoms with Gasteiger partial charge in [0.2, 0.25) is 0 Å². The molecule has 0 aliphatic heterocycles. The zero-order valence-corrected chi connectivity index (χ0v) is 6.47. The van der Waals surface area contributed by atoms with Crippen LogP contribution in [-0.4, -0.2) is 10.5 Å². The summed E-state index contributed by atoms with van der Waals surface area (Å²) >= 11 is 0. The van der Waals surface area contributed by atoms with Crippen molar-refractivity contribution < 1.29 is 53.4 Å². The van der Waals surface area contributed by atoms with Crippen molar-refractivity contribution in [2.24, 2.45) is 0 Å². The molecule has 0 saturated heterocycles. The van der Waals surface area contributed by atoms with E-state index in [4.69, 9.17) is 31.7 Å². The van der Waals surface area contributed by atoms with Gasteiger partial charge in [-0.1, -0.05) is 0 Å². The van der Waals surface area contributed by atoms with E-state index in [1.54, 1.807) is 0 Å². The Hall–Kier alpha value is -0.0970. The van der Waals surface area contributed by atoms with E-state index in [1.165, 1.54) is 0 Å². The van der Waals surface area contributed by atoms with E-state index in [2.05, 4.69) is 13.3 Å². The zero-order valence-electron chi connectivity index (χ0n) is 4.38. The molecule has 0 aromatic carbocycles. The molecule has 0 atom stereocenters. The number of nitrogens with zero attached hydrogens (tertiary/aromatic N) is 1. The molecule has 59 valence electrons. The molecule has 0 aliphatic rings. The Balaban J connectivity index is -0.00000000500. The second-order valence-electron chi connectivity index (χ2n) is 0. The Morgan fingerprint density at radius 1 is 1.00 bits per heavy atom. The molecule has 1 radical (unpaired) electrons. The summed E-state index contributed by atoms with van der Waals surface area (Å²) in [5.74, 6) is 0. The van der Waals surface area contributed by atoms with Crippen molar-refractivity contribution in [1.82, 2.24) is 0 Å². The van der Waals surface area contributed by atoms with Crippen molar-refractivity contribution in [2.75, 3.05) is 0 Å². The molecule has 3 N–H and O–H groups in total. The minimum Gasteiger partial charge on any atom is 0 e. The molecule has 0 amide bonds. The van der Waals surface area contributed by atoms with Gasteiger partial charge < -0.3 is 11.8 Å². The van der Waals surface area contributed by atoms with Gasteiger partial charge >= 0.3 is 39.7 Å². The molecule has 0 aliphatic carbocycles. The Bertz CT molecular complexity index is 49.0. The summed E-state index contributed by atoms with van der Waals surface area (Å²) in [6, 6.07) is 0. The summed E-state index contributed by atoms with van der Waals surface area (Å²) in [7, 11) is 0. The summed E-state index contributed by atoms with van der Waals surface area (Å²) in [4.78, 5) is 0. The minimum atomic E-state index is 0. The molecule has 0 aromatic rings. The van der Waals surface area contributed by atoms with E-state index in [0.29, 0.717) is 0 Å². The van der Waals surface area contributed by atoms with Gasteiger partial charge in [-0.15, -0.1) is 5.26 Å². The summed E-state index contributed by atoms with van der Waals surface area (Å²) < 4.78 is 15.0. The second-order valence-corrected chi connectivity index (χ2v) is 0. The third-order valence-electron chi connectivity index (χ3n) is 0. The summed E-state index contributed by atoms with van der Waals surface area (Å²) in [6.45, 7) is 13.8. The summed E-state index contributed by atoms with van der Waals surface area (Å²) in [5.41, 5.74) is 0. The topological polar surface area (TPSA) is 107 Å². The van der Waals surface area contributed by atoms with Gasteiger partial charge in [0.1, 0.15) is 0 Å². The van der Waals surface area contributed by atoms with Crippen LogP contribution in [0.2, 0.25) is 0 Å². The van der Waals surface area contributed by atoms with Crippen molar-refractivity contribution in [3.63, 3.8) is 0 Å². The molecule has 0 fully saturated rings. The van der Waals surface area contributed by atoms with Gasteiger partial charge in [0.25, 0.3) is 0 Å². The predicted octanol–water partition coefficient (Wildman–Crippen LogP) is -0.800. The summed E-state index contributed by atoms with van der Waals surface area (Å²) in [6.07, 6.45) is 0. The van der Waals surface area contributed by atoms with Crippen LogP contribution in [0.15, 0.2) is 0 Å². The number of rotatable bonds is 0. The molecule has 10 heavy (non-hydrogen) atoms. The van der Waals surface area contributed by atoms with E-state index in [0.717, 1.165) is 0 Å². The molecular weight excluding hydrogens is 229 g/mol. The van der Waals surface area contributed by atoms with Crippen LogP contribution in [0.25, 0.3) is 0 Å². The van der Waals surface area contributed by atoms with E-state index >= 15 is 0 Å². The van der Waals surface area contributed by atoms with Gasteiger partial charge in [-0.05, 0) is 0 Å². The third-order valence-corrected chi connectivity index (χ3v) is 0. The Morgan fingerprint density at radius 2 is 1.00 bits per heavy atom. The second kappa shape index (κ2) is 59100. The molecule has 0 rings (SSSR count). The fourth-order valence-corrected chi connectivity index (χ4v) is 0. The first-order valence-electron chi connectivity index (χ1n) is 0.855. The third kappa shape index (κ3) is 40000. The van der Waals surface area contributed by atoms with Crippen LogP contribution in [-0.2, 0) is 42.9 Å². The van der Waals surface area contributed by atoms with Gasteiger partial charge in [0.05, 0.1) is 0 Å². The van der Waals surface area contributed by atoms with Crippen LogP contribution in [0.5, 0.6) is 0 Å². The standard InChI is InChI=1S/CN.2CO.Fe.Ni.H2O2/c3*1-2;;;1-2/h;;;;;1-2H/q-1;;;+3;;/p+1. The normalized spacial score (nSPS) is 1.20. The molecule has 0 bridgehead atoms. The Kier molecular flexibility index (Phi) is 304000. The molecule has 7 heteroatoms. The average Bonchev–Trinajstić information content (AvgIpc) is 2.03. The van der Waals surface area contributed by atoms with Crippen LogP contribution in [0, 0.1) is 25.1 Å². The molecule has 5 nitrogen and oxygen atoms in total. The maximum atomic E-state index is 7.50. The van der Waals surface area contributed by atoms with Crippen molar-refractivity contribution in [3.8, 4) is 0 Å². The average molecular weight is 232 g/mol. The number of hydrogen-bond donors (Lipinski definition) is 1. The quantitative estimate of drug-likeness (QED) is 0.194. The maximum absolute atomic E-state index is 7.50. The Morgan fingerprint density at radius 3 is 1.00 bits per heavy atom. The van der Waals surface area contributed by atoms with Gasteiger partial charge in [0.15, 0.2) is 0 Å². The van der Waals surface area contributed by atoms with Crippen LogP contribution in [0.1, 0.15) is 0 Å². The van der Waals surface area contributed by atoms with E-state index in [1.807, 2.05) is 0 Å². The van der Waals surface area contributed by atoms with Crippen molar-refractivity contribution in [1.29, 1.82) is 5.26 Å². The molecular formula is C3H3FeNNiO4+3. The van der Waals surface area contributed by atoms with Crippen LogP contribution in [0.4, 0.5) is 0 Å². The van der Waals surface area contributed by atoms with E-state index < -0.39 is 0 Å². The largest absolute Gasteiger partial charge is 3.00 e. The molecule has 0 aromatic heterocycles. The van der Waals surface area contributed by atoms with E-state index in [9.17, 15) is 0 Å². The van der Waals surface area contributed by atoms with Crippen molar-refractivity contribution in [3.05, 3.63) is 19.9 Å². The fraction of sp³-hybridized carbons (Fsp3) is 0. The first kappa shape index (κ1) is 51.5. The minimum absolute atomic E-state index is 0. The predicted molar refractivity (Wildman–Crippen MR) is 19.1 cm³/mol.